The number of nitrogens with two attached hydrogens (primary N) is 1. The quantitative estimate of drug-likeness (QED) is 0.499. The highest BCUT2D eigenvalue weighted by Gasteiger charge is 2.18. The Hall–Kier alpha value is -3.57. The van der Waals surface area contributed by atoms with Crippen LogP contribution in [0.2, 0.25) is 0 Å². The van der Waals surface area contributed by atoms with E-state index in [9.17, 15) is 12.8 Å². The van der Waals surface area contributed by atoms with Gasteiger partial charge in [-0.3, -0.25) is 4.68 Å². The molecule has 154 valence electrons. The van der Waals surface area contributed by atoms with Gasteiger partial charge in [0.05, 0.1) is 28.5 Å². The van der Waals surface area contributed by atoms with Crippen molar-refractivity contribution in [3.8, 4) is 28.6 Å². The lowest BCUT2D eigenvalue weighted by atomic mass is 10.2. The third-order valence-corrected chi connectivity index (χ3v) is 5.22. The van der Waals surface area contributed by atoms with Crippen LogP contribution in [-0.4, -0.2) is 28.2 Å². The first-order valence-electron chi connectivity index (χ1n) is 8.65. The van der Waals surface area contributed by atoms with Crippen LogP contribution in [0.25, 0.3) is 22.7 Å². The molecule has 30 heavy (non-hydrogen) atoms. The van der Waals surface area contributed by atoms with Crippen LogP contribution in [-0.2, 0) is 23.7 Å². The molecule has 0 bridgehead atoms. The van der Waals surface area contributed by atoms with Gasteiger partial charge in [-0.25, -0.2) is 27.9 Å². The van der Waals surface area contributed by atoms with Crippen molar-refractivity contribution in [3.05, 3.63) is 66.6 Å². The molecule has 3 heterocycles. The molecule has 0 aliphatic rings. The van der Waals surface area contributed by atoms with E-state index >= 15 is 0 Å². The second kappa shape index (κ2) is 7.69. The number of pyridine rings is 1. The number of hydrogen-bond acceptors (Lipinski definition) is 7. The lowest BCUT2D eigenvalue weighted by Crippen LogP contribution is -2.11. The van der Waals surface area contributed by atoms with Gasteiger partial charge in [0, 0.05) is 18.7 Å². The molecule has 0 atom stereocenters. The predicted octanol–water partition coefficient (Wildman–Crippen LogP) is 2.50. The molecule has 11 heteroatoms. The third-order valence-electron chi connectivity index (χ3n) is 4.31. The molecule has 0 saturated carbocycles. The average Bonchev–Trinajstić information content (AvgIpc) is 3.34. The molecule has 9 nitrogen and oxygen atoms in total. The zero-order valence-electron chi connectivity index (χ0n) is 15.7. The van der Waals surface area contributed by atoms with Crippen molar-refractivity contribution in [1.82, 2.24) is 19.7 Å². The second-order valence-corrected chi connectivity index (χ2v) is 7.90. The smallest absolute Gasteiger partial charge is 0.238 e. The third kappa shape index (κ3) is 4.07. The van der Waals surface area contributed by atoms with Crippen LogP contribution in [0.15, 0.2) is 64.4 Å². The van der Waals surface area contributed by atoms with E-state index in [1.165, 1.54) is 30.5 Å². The SMILES string of the molecule is Cn1ncc(-c2nc(-c3cccc(S(N)(=O)=O)c3)co2)c1COc1ccc(F)cn1. The summed E-state index contributed by atoms with van der Waals surface area (Å²) in [7, 11) is -2.10. The van der Waals surface area contributed by atoms with Gasteiger partial charge < -0.3 is 9.15 Å². The lowest BCUT2D eigenvalue weighted by Gasteiger charge is -2.07. The van der Waals surface area contributed by atoms with Gasteiger partial charge in [0.2, 0.25) is 21.8 Å². The summed E-state index contributed by atoms with van der Waals surface area (Å²) in [5, 5.41) is 9.40. The molecule has 4 aromatic rings. The molecule has 0 spiro atoms. The molecule has 4 rings (SSSR count). The Morgan fingerprint density at radius 1 is 1.23 bits per heavy atom. The fraction of sp³-hybridized carbons (Fsp3) is 0.105. The topological polar surface area (TPSA) is 126 Å². The molecule has 0 aliphatic carbocycles. The van der Waals surface area contributed by atoms with Gasteiger partial charge in [0.1, 0.15) is 24.4 Å². The van der Waals surface area contributed by atoms with Crippen LogP contribution in [0, 0.1) is 5.82 Å². The molecule has 0 amide bonds. The average molecular weight is 429 g/mol. The van der Waals surface area contributed by atoms with Crippen molar-refractivity contribution in [2.24, 2.45) is 12.2 Å². The van der Waals surface area contributed by atoms with Crippen LogP contribution < -0.4 is 9.88 Å². The van der Waals surface area contributed by atoms with Crippen molar-refractivity contribution in [2.45, 2.75) is 11.5 Å². The van der Waals surface area contributed by atoms with Crippen molar-refractivity contribution < 1.29 is 22.0 Å². The number of aromatic nitrogens is 4. The van der Waals surface area contributed by atoms with E-state index in [1.54, 1.807) is 30.1 Å². The number of hydrogen-bond donors (Lipinski definition) is 1. The van der Waals surface area contributed by atoms with Crippen molar-refractivity contribution in [2.75, 3.05) is 0 Å². The minimum Gasteiger partial charge on any atom is -0.471 e. The fourth-order valence-electron chi connectivity index (χ4n) is 2.77. The minimum atomic E-state index is -3.84. The summed E-state index contributed by atoms with van der Waals surface area (Å²) >= 11 is 0. The van der Waals surface area contributed by atoms with Gasteiger partial charge in [0.25, 0.3) is 0 Å². The zero-order chi connectivity index (χ0) is 21.3. The first-order chi connectivity index (χ1) is 14.3. The highest BCUT2D eigenvalue weighted by molar-refractivity contribution is 7.89. The predicted molar refractivity (Wildman–Crippen MR) is 104 cm³/mol. The number of primary sulfonamides is 1. The first kappa shape index (κ1) is 19.7. The summed E-state index contributed by atoms with van der Waals surface area (Å²) in [6.45, 7) is 0.100. The van der Waals surface area contributed by atoms with Crippen LogP contribution in [0.3, 0.4) is 0 Å². The van der Waals surface area contributed by atoms with E-state index in [1.807, 2.05) is 0 Å². The maximum Gasteiger partial charge on any atom is 0.238 e. The van der Waals surface area contributed by atoms with Gasteiger partial charge in [-0.1, -0.05) is 12.1 Å². The van der Waals surface area contributed by atoms with Crippen molar-refractivity contribution in [3.63, 3.8) is 0 Å². The highest BCUT2D eigenvalue weighted by atomic mass is 32.2. The minimum absolute atomic E-state index is 0.0215. The van der Waals surface area contributed by atoms with Crippen LogP contribution >= 0.6 is 0 Å². The van der Waals surface area contributed by atoms with E-state index < -0.39 is 15.8 Å². The van der Waals surface area contributed by atoms with Gasteiger partial charge in [-0.2, -0.15) is 5.10 Å². The number of oxazole rings is 1. The van der Waals surface area contributed by atoms with Crippen LogP contribution in [0.1, 0.15) is 5.69 Å². The molecule has 0 radical (unpaired) electrons. The van der Waals surface area contributed by atoms with E-state index in [0.717, 1.165) is 6.20 Å². The molecular weight excluding hydrogens is 413 g/mol. The standard InChI is InChI=1S/C19H16FN5O4S/c1-25-17(11-28-18-6-5-13(20)8-22-18)15(9-23-25)19-24-16(10-29-19)12-3-2-4-14(7-12)30(21,26)27/h2-10H,11H2,1H3,(H2,21,26,27). The summed E-state index contributed by atoms with van der Waals surface area (Å²) in [5.41, 5.74) is 2.22. The van der Waals surface area contributed by atoms with Gasteiger partial charge >= 0.3 is 0 Å². The Balaban J connectivity index is 1.61. The summed E-state index contributed by atoms with van der Waals surface area (Å²) in [4.78, 5) is 8.27. The Morgan fingerprint density at radius 2 is 2.07 bits per heavy atom. The van der Waals surface area contributed by atoms with E-state index in [4.69, 9.17) is 14.3 Å². The Kier molecular flexibility index (Phi) is 5.06. The normalized spacial score (nSPS) is 11.6. The number of nitrogens with zero attached hydrogens (tertiary/aromatic N) is 4. The van der Waals surface area contributed by atoms with Gasteiger partial charge in [-0.15, -0.1) is 0 Å². The lowest BCUT2D eigenvalue weighted by molar-refractivity contribution is 0.282. The van der Waals surface area contributed by atoms with Crippen LogP contribution in [0.4, 0.5) is 4.39 Å². The molecule has 2 N–H and O–H groups in total. The number of aryl methyl sites for hydroxylation is 1. The van der Waals surface area contributed by atoms with Crippen molar-refractivity contribution in [1.29, 1.82) is 0 Å². The summed E-state index contributed by atoms with van der Waals surface area (Å²) in [6.07, 6.45) is 4.05. The van der Waals surface area contributed by atoms with E-state index in [0.29, 0.717) is 22.5 Å². The monoisotopic (exact) mass is 429 g/mol. The second-order valence-electron chi connectivity index (χ2n) is 6.34. The zero-order valence-corrected chi connectivity index (χ0v) is 16.5. The van der Waals surface area contributed by atoms with Crippen molar-refractivity contribution >= 4 is 10.0 Å². The molecule has 1 aromatic carbocycles. The summed E-state index contributed by atoms with van der Waals surface area (Å²) < 4.78 is 48.9. The number of sulfonamides is 1. The van der Waals surface area contributed by atoms with Gasteiger partial charge in [-0.05, 0) is 18.2 Å². The van der Waals surface area contributed by atoms with E-state index in [2.05, 4.69) is 15.1 Å². The molecule has 0 saturated heterocycles. The Bertz CT molecular complexity index is 1300. The summed E-state index contributed by atoms with van der Waals surface area (Å²) in [5.74, 6) is 0.0867. The largest absolute Gasteiger partial charge is 0.471 e. The van der Waals surface area contributed by atoms with Gasteiger partial charge in [0.15, 0.2) is 0 Å². The Morgan fingerprint density at radius 3 is 2.80 bits per heavy atom. The molecule has 0 fully saturated rings. The highest BCUT2D eigenvalue weighted by Crippen LogP contribution is 2.28. The van der Waals surface area contributed by atoms with E-state index in [-0.39, 0.29) is 23.3 Å². The first-order valence-corrected chi connectivity index (χ1v) is 10.2. The molecule has 0 aliphatic heterocycles. The number of halogens is 1. The fourth-order valence-corrected chi connectivity index (χ4v) is 3.32. The van der Waals surface area contributed by atoms with Crippen LogP contribution in [0.5, 0.6) is 5.88 Å². The molecular formula is C19H16FN5O4S. The number of ether oxygens (including phenoxy) is 1. The maximum atomic E-state index is 13.0. The molecule has 3 aromatic heterocycles. The Labute approximate surface area is 171 Å². The number of benzene rings is 1. The molecule has 0 unspecified atom stereocenters. The summed E-state index contributed by atoms with van der Waals surface area (Å²) in [6, 6.07) is 8.77. The number of rotatable bonds is 6. The maximum absolute atomic E-state index is 13.0.